The number of hydrogen-bond acceptors (Lipinski definition) is 1. The monoisotopic (exact) mass is 393 g/mol. The lowest BCUT2D eigenvalue weighted by Gasteiger charge is -2.32. The number of rotatable bonds is 4. The summed E-state index contributed by atoms with van der Waals surface area (Å²) in [4.78, 5) is 13.0. The van der Waals surface area contributed by atoms with Gasteiger partial charge in [0.25, 0.3) is 0 Å². The van der Waals surface area contributed by atoms with E-state index < -0.39 is 6.17 Å². The van der Waals surface area contributed by atoms with Gasteiger partial charge in [-0.15, -0.1) is 0 Å². The minimum Gasteiger partial charge on any atom is -0.356 e. The zero-order valence-electron chi connectivity index (χ0n) is 14.9. The summed E-state index contributed by atoms with van der Waals surface area (Å²) in [6, 6.07) is 0. The number of halogens is 3. The molecule has 26 heavy (non-hydrogen) atoms. The van der Waals surface area contributed by atoms with E-state index in [1.807, 2.05) is 13.1 Å². The van der Waals surface area contributed by atoms with Gasteiger partial charge in [-0.25, -0.2) is 4.39 Å². The van der Waals surface area contributed by atoms with Crippen molar-refractivity contribution in [2.45, 2.75) is 32.4 Å². The van der Waals surface area contributed by atoms with Crippen molar-refractivity contribution in [1.29, 1.82) is 0 Å². The Morgan fingerprint density at radius 2 is 2.04 bits per heavy atom. The van der Waals surface area contributed by atoms with Crippen molar-refractivity contribution in [2.24, 2.45) is 30.7 Å². The Morgan fingerprint density at radius 1 is 1.31 bits per heavy atom. The SMILES string of the molecule is CC(F)c1cn(C)cc1C(=O)CC1=CC=CC2C3CCC(C3=C(Cl)Cl)C12. The van der Waals surface area contributed by atoms with Crippen molar-refractivity contribution in [2.75, 3.05) is 0 Å². The molecule has 0 radical (unpaired) electrons. The minimum absolute atomic E-state index is 0.0179. The van der Waals surface area contributed by atoms with E-state index in [1.54, 1.807) is 17.0 Å². The van der Waals surface area contributed by atoms with Crippen LogP contribution in [0.5, 0.6) is 0 Å². The molecule has 1 aromatic rings. The van der Waals surface area contributed by atoms with Crippen molar-refractivity contribution in [3.8, 4) is 0 Å². The Kier molecular flexibility index (Phi) is 4.65. The number of alkyl halides is 1. The van der Waals surface area contributed by atoms with Gasteiger partial charge in [-0.05, 0) is 49.0 Å². The molecule has 1 heterocycles. The molecule has 0 aromatic carbocycles. The number of hydrogen-bond donors (Lipinski definition) is 0. The Hall–Kier alpha value is -1.32. The van der Waals surface area contributed by atoms with Crippen molar-refractivity contribution in [3.05, 3.63) is 57.4 Å². The molecule has 0 aliphatic heterocycles. The van der Waals surface area contributed by atoms with Crippen molar-refractivity contribution < 1.29 is 9.18 Å². The first kappa shape index (κ1) is 18.1. The minimum atomic E-state index is -1.16. The second kappa shape index (κ2) is 6.69. The van der Waals surface area contributed by atoms with E-state index >= 15 is 0 Å². The molecule has 1 aromatic heterocycles. The predicted octanol–water partition coefficient (Wildman–Crippen LogP) is 6.09. The smallest absolute Gasteiger partial charge is 0.168 e. The molecule has 4 rings (SSSR count). The largest absolute Gasteiger partial charge is 0.356 e. The molecule has 3 aliphatic carbocycles. The Balaban J connectivity index is 1.62. The molecule has 3 aliphatic rings. The number of allylic oxidation sites excluding steroid dienone is 5. The van der Waals surface area contributed by atoms with Crippen molar-refractivity contribution in [3.63, 3.8) is 0 Å². The first-order valence-corrected chi connectivity index (χ1v) is 9.89. The van der Waals surface area contributed by atoms with E-state index in [1.165, 1.54) is 12.5 Å². The fraction of sp³-hybridized carbons (Fsp3) is 0.476. The molecule has 2 fully saturated rings. The highest BCUT2D eigenvalue weighted by Crippen LogP contribution is 2.61. The number of ketones is 1. The third-order valence-electron chi connectivity index (χ3n) is 6.27. The molecule has 2 saturated carbocycles. The van der Waals surface area contributed by atoms with Crippen LogP contribution in [0.1, 0.15) is 48.3 Å². The normalized spacial score (nSPS) is 30.3. The summed E-state index contributed by atoms with van der Waals surface area (Å²) in [6.45, 7) is 1.47. The number of carbonyl (C=O) groups is 1. The summed E-state index contributed by atoms with van der Waals surface area (Å²) in [5, 5.41) is 0. The summed E-state index contributed by atoms with van der Waals surface area (Å²) in [7, 11) is 1.82. The molecular weight excluding hydrogens is 372 g/mol. The molecular formula is C21H22Cl2FNO. The van der Waals surface area contributed by atoms with Crippen LogP contribution >= 0.6 is 23.2 Å². The average molecular weight is 394 g/mol. The number of Topliss-reactive ketones (excluding diaryl/α,β-unsaturated/α-hetero) is 1. The molecule has 138 valence electrons. The van der Waals surface area contributed by atoms with E-state index in [9.17, 15) is 9.18 Å². The van der Waals surface area contributed by atoms with Crippen LogP contribution < -0.4 is 0 Å². The molecule has 5 unspecified atom stereocenters. The fourth-order valence-electron chi connectivity index (χ4n) is 5.31. The van der Waals surface area contributed by atoms with E-state index in [2.05, 4.69) is 12.2 Å². The van der Waals surface area contributed by atoms with Crippen LogP contribution in [0.15, 0.2) is 46.3 Å². The Bertz CT molecular complexity index is 844. The van der Waals surface area contributed by atoms with Gasteiger partial charge in [-0.3, -0.25) is 4.79 Å². The lowest BCUT2D eigenvalue weighted by atomic mass is 9.71. The van der Waals surface area contributed by atoms with Crippen LogP contribution in [0.4, 0.5) is 4.39 Å². The highest BCUT2D eigenvalue weighted by atomic mass is 35.5. The Morgan fingerprint density at radius 3 is 2.73 bits per heavy atom. The molecule has 0 saturated heterocycles. The zero-order valence-corrected chi connectivity index (χ0v) is 16.4. The summed E-state index contributed by atoms with van der Waals surface area (Å²) in [6.07, 6.45) is 11.1. The molecule has 2 bridgehead atoms. The third kappa shape index (κ3) is 2.80. The molecule has 0 amide bonds. The van der Waals surface area contributed by atoms with E-state index in [4.69, 9.17) is 23.2 Å². The molecule has 0 spiro atoms. The van der Waals surface area contributed by atoms with Crippen molar-refractivity contribution >= 4 is 29.0 Å². The quantitative estimate of drug-likeness (QED) is 0.567. The first-order valence-electron chi connectivity index (χ1n) is 9.14. The van der Waals surface area contributed by atoms with Gasteiger partial charge in [0.2, 0.25) is 0 Å². The van der Waals surface area contributed by atoms with Gasteiger partial charge < -0.3 is 4.57 Å². The lowest BCUT2D eigenvalue weighted by Crippen LogP contribution is -2.25. The third-order valence-corrected chi connectivity index (χ3v) is 6.71. The standard InChI is InChI=1S/C21H22Cl2FNO/c1-11(24)16-9-25(2)10-17(16)18(26)8-12-4-3-5-13-14-6-7-15(19(12)13)20(14)21(22)23/h3-5,9-11,13-15,19H,6-8H2,1-2H3. The number of nitrogens with zero attached hydrogens (tertiary/aromatic N) is 1. The van der Waals surface area contributed by atoms with E-state index in [0.717, 1.165) is 18.4 Å². The molecule has 0 N–H and O–H groups in total. The summed E-state index contributed by atoms with van der Waals surface area (Å²) < 4.78 is 16.1. The van der Waals surface area contributed by atoms with Crippen LogP contribution in [-0.2, 0) is 7.05 Å². The van der Waals surface area contributed by atoms with Crippen LogP contribution in [0, 0.1) is 23.7 Å². The zero-order chi connectivity index (χ0) is 18.6. The van der Waals surface area contributed by atoms with Gasteiger partial charge in [-0.2, -0.15) is 0 Å². The number of aryl methyl sites for hydroxylation is 1. The van der Waals surface area contributed by atoms with Crippen LogP contribution in [0.3, 0.4) is 0 Å². The highest BCUT2D eigenvalue weighted by molar-refractivity contribution is 6.56. The average Bonchev–Trinajstić information content (AvgIpc) is 3.26. The Labute approximate surface area is 163 Å². The summed E-state index contributed by atoms with van der Waals surface area (Å²) in [5.41, 5.74) is 3.26. The maximum atomic E-state index is 13.9. The second-order valence-electron chi connectivity index (χ2n) is 7.74. The summed E-state index contributed by atoms with van der Waals surface area (Å²) >= 11 is 12.4. The maximum Gasteiger partial charge on any atom is 0.168 e. The van der Waals surface area contributed by atoms with Gasteiger partial charge in [-0.1, -0.05) is 47.0 Å². The van der Waals surface area contributed by atoms with Crippen LogP contribution in [0.2, 0.25) is 0 Å². The maximum absolute atomic E-state index is 13.9. The number of fused-ring (bicyclic) bond motifs is 5. The molecule has 2 nitrogen and oxygen atoms in total. The van der Waals surface area contributed by atoms with Gasteiger partial charge >= 0.3 is 0 Å². The van der Waals surface area contributed by atoms with Crippen molar-refractivity contribution in [1.82, 2.24) is 4.57 Å². The number of aromatic nitrogens is 1. The molecule has 5 heteroatoms. The fourth-order valence-corrected chi connectivity index (χ4v) is 5.87. The lowest BCUT2D eigenvalue weighted by molar-refractivity contribution is 0.0984. The van der Waals surface area contributed by atoms with Crippen LogP contribution in [0.25, 0.3) is 0 Å². The number of carbonyl (C=O) groups excluding carboxylic acids is 1. The van der Waals surface area contributed by atoms with Gasteiger partial charge in [0.05, 0.1) is 0 Å². The van der Waals surface area contributed by atoms with Gasteiger partial charge in [0.1, 0.15) is 10.7 Å². The second-order valence-corrected chi connectivity index (χ2v) is 8.69. The topological polar surface area (TPSA) is 22.0 Å². The van der Waals surface area contributed by atoms with E-state index in [-0.39, 0.29) is 5.78 Å². The van der Waals surface area contributed by atoms with Gasteiger partial charge in [0.15, 0.2) is 5.78 Å². The van der Waals surface area contributed by atoms with Gasteiger partial charge in [0, 0.05) is 37.0 Å². The van der Waals surface area contributed by atoms with Crippen LogP contribution in [-0.4, -0.2) is 10.4 Å². The first-order chi connectivity index (χ1) is 12.4. The van der Waals surface area contributed by atoms with E-state index in [0.29, 0.717) is 45.7 Å². The summed E-state index contributed by atoms with van der Waals surface area (Å²) in [5.74, 6) is 1.37. The molecule has 5 atom stereocenters. The highest BCUT2D eigenvalue weighted by Gasteiger charge is 2.52. The predicted molar refractivity (Wildman–Crippen MR) is 103 cm³/mol.